The predicted molar refractivity (Wildman–Crippen MR) is 180 cm³/mol. The Labute approximate surface area is 302 Å². The third-order valence-electron chi connectivity index (χ3n) is 8.90. The summed E-state index contributed by atoms with van der Waals surface area (Å²) in [4.78, 5) is 44.8. The average molecular weight is 764 g/mol. The van der Waals surface area contributed by atoms with Crippen LogP contribution < -0.4 is 5.32 Å². The maximum atomic E-state index is 14.1. The van der Waals surface area contributed by atoms with Gasteiger partial charge < -0.3 is 29.4 Å². The van der Waals surface area contributed by atoms with Gasteiger partial charge in [-0.05, 0) is 18.2 Å². The monoisotopic (exact) mass is 763 g/mol. The van der Waals surface area contributed by atoms with Crippen LogP contribution in [0.25, 0.3) is 22.8 Å². The molecule has 2 fully saturated rings. The van der Waals surface area contributed by atoms with Crippen LogP contribution >= 0.6 is 10.9 Å². The van der Waals surface area contributed by atoms with Crippen LogP contribution in [0.4, 0.5) is 19.0 Å². The summed E-state index contributed by atoms with van der Waals surface area (Å²) >= 11 is 0. The first-order valence-electron chi connectivity index (χ1n) is 16.3. The van der Waals surface area contributed by atoms with Crippen molar-refractivity contribution in [2.45, 2.75) is 61.7 Å². The number of nitrogens with zero attached hydrogens (tertiary/aromatic N) is 8. The number of hydrogen-bond acceptors (Lipinski definition) is 14. The number of anilines is 1. The maximum Gasteiger partial charge on any atom is 0.303 e. The highest BCUT2D eigenvalue weighted by molar-refractivity contribution is 8.18. The van der Waals surface area contributed by atoms with Crippen LogP contribution in [0.15, 0.2) is 36.8 Å². The number of carbonyl (C=O) groups is 3. The first-order valence-corrected chi connectivity index (χ1v) is 18.0. The molecule has 3 aromatic heterocycles. The molecule has 2 aliphatic heterocycles. The van der Waals surface area contributed by atoms with Gasteiger partial charge in [0.05, 0.1) is 43.1 Å². The quantitative estimate of drug-likeness (QED) is 0.120. The van der Waals surface area contributed by atoms with Crippen LogP contribution in [0, 0.1) is 17.5 Å². The fourth-order valence-corrected chi connectivity index (χ4v) is 10.1. The Hall–Kier alpha value is -4.99. The normalized spacial score (nSPS) is 26.5. The lowest BCUT2D eigenvalue weighted by Crippen LogP contribution is -2.57. The van der Waals surface area contributed by atoms with E-state index < -0.39 is 81.2 Å². The van der Waals surface area contributed by atoms with Gasteiger partial charge in [0.25, 0.3) is 0 Å². The van der Waals surface area contributed by atoms with Crippen LogP contribution in [0.3, 0.4) is 0 Å². The third kappa shape index (κ3) is 8.16. The number of benzene rings is 1. The number of thiol groups is 1. The Balaban J connectivity index is 1.32. The van der Waals surface area contributed by atoms with Crippen LogP contribution in [-0.2, 0) is 33.3 Å². The number of rotatable bonds is 10. The van der Waals surface area contributed by atoms with Gasteiger partial charge in [0, 0.05) is 50.6 Å². The van der Waals surface area contributed by atoms with Gasteiger partial charge in [-0.1, -0.05) is 10.4 Å². The molecule has 6 rings (SSSR count). The largest absolute Gasteiger partial charge is 0.465 e. The number of amides is 1. The van der Waals surface area contributed by atoms with E-state index in [9.17, 15) is 32.7 Å². The van der Waals surface area contributed by atoms with E-state index in [4.69, 9.17) is 18.9 Å². The van der Waals surface area contributed by atoms with Gasteiger partial charge in [0.2, 0.25) is 5.91 Å². The molecule has 4 aromatic rings. The molecule has 0 spiro atoms. The maximum absolute atomic E-state index is 14.1. The topological polar surface area (TPSA) is 208 Å². The lowest BCUT2D eigenvalue weighted by molar-refractivity contribution is -0.154. The minimum atomic E-state index is -1.63. The standard InChI is InChI=1S/C32H36F3N9O8S/c1-15(45)37-27-5-6-36-32(38-27)22-10-43(41-40-22)23-11-50-12-25(30(23)48)53-14-24(49-4)29(31(52-17(3)47)26(53)13-51-16(2)46)44-9-21(39-42-44)18-7-19(33)28(35)20(34)8-18/h5-10,23-26,29-31,48,53H,11-14H2,1-4H3,(H,36,37,38,45)/t23-,24-,25+,26+,29-,30+,31-/m0/s1. The van der Waals surface area contributed by atoms with Crippen molar-refractivity contribution in [3.05, 3.63) is 54.2 Å². The van der Waals surface area contributed by atoms with Crippen molar-refractivity contribution < 1.29 is 51.6 Å². The number of halogens is 3. The van der Waals surface area contributed by atoms with Crippen molar-refractivity contribution in [3.8, 4) is 22.8 Å². The summed E-state index contributed by atoms with van der Waals surface area (Å²) in [5, 5.41) is 29.9. The van der Waals surface area contributed by atoms with Gasteiger partial charge in [-0.3, -0.25) is 14.4 Å². The van der Waals surface area contributed by atoms with E-state index in [0.717, 1.165) is 12.1 Å². The lowest BCUT2D eigenvalue weighted by atomic mass is 10.0. The summed E-state index contributed by atoms with van der Waals surface area (Å²) in [6.45, 7) is 3.76. The predicted octanol–water partition coefficient (Wildman–Crippen LogP) is 1.80. The van der Waals surface area contributed by atoms with Crippen LogP contribution in [-0.4, -0.2) is 124 Å². The average Bonchev–Trinajstić information content (AvgIpc) is 3.80. The first kappa shape index (κ1) is 37.8. The second kappa shape index (κ2) is 15.9. The van der Waals surface area contributed by atoms with Gasteiger partial charge in [-0.25, -0.2) is 43.4 Å². The molecule has 1 aromatic carbocycles. The molecule has 2 N–H and O–H groups in total. The Morgan fingerprint density at radius 2 is 1.72 bits per heavy atom. The number of aromatic nitrogens is 8. The number of hydrogen-bond donors (Lipinski definition) is 3. The summed E-state index contributed by atoms with van der Waals surface area (Å²) in [5.74, 6) is -5.29. The van der Waals surface area contributed by atoms with Crippen molar-refractivity contribution >= 4 is 34.6 Å². The van der Waals surface area contributed by atoms with Crippen molar-refractivity contribution in [2.75, 3.05) is 38.0 Å². The highest BCUT2D eigenvalue weighted by Gasteiger charge is 2.52. The molecule has 8 atom stereocenters. The number of ether oxygens (including phenoxy) is 4. The molecule has 284 valence electrons. The van der Waals surface area contributed by atoms with Gasteiger partial charge in [-0.15, -0.1) is 10.2 Å². The summed E-state index contributed by atoms with van der Waals surface area (Å²) in [6, 6.07) is 1.47. The molecular weight excluding hydrogens is 727 g/mol. The zero-order chi connectivity index (χ0) is 38.0. The molecule has 0 aliphatic carbocycles. The molecular formula is C32H36F3N9O8S. The van der Waals surface area contributed by atoms with E-state index in [-0.39, 0.29) is 60.1 Å². The van der Waals surface area contributed by atoms with E-state index >= 15 is 0 Å². The highest BCUT2D eigenvalue weighted by Crippen LogP contribution is 2.52. The summed E-state index contributed by atoms with van der Waals surface area (Å²) in [7, 11) is -0.00891. The van der Waals surface area contributed by atoms with Crippen LogP contribution in [0.2, 0.25) is 0 Å². The Kier molecular flexibility index (Phi) is 11.4. The second-order valence-corrected chi connectivity index (χ2v) is 15.2. The third-order valence-corrected chi connectivity index (χ3v) is 12.3. The highest BCUT2D eigenvalue weighted by atomic mass is 32.2. The summed E-state index contributed by atoms with van der Waals surface area (Å²) in [6.07, 6.45) is 1.50. The minimum Gasteiger partial charge on any atom is -0.465 e. The van der Waals surface area contributed by atoms with Gasteiger partial charge >= 0.3 is 11.9 Å². The number of esters is 2. The van der Waals surface area contributed by atoms with E-state index in [1.807, 2.05) is 0 Å². The smallest absolute Gasteiger partial charge is 0.303 e. The van der Waals surface area contributed by atoms with Gasteiger partial charge in [-0.2, -0.15) is 0 Å². The number of carbonyl (C=O) groups excluding carboxylic acids is 3. The fraction of sp³-hybridized carbons (Fsp3) is 0.469. The Bertz CT molecular complexity index is 1960. The van der Waals surface area contributed by atoms with Gasteiger partial charge in [0.1, 0.15) is 42.0 Å². The van der Waals surface area contributed by atoms with Crippen molar-refractivity contribution in [2.24, 2.45) is 0 Å². The molecule has 2 saturated heterocycles. The first-order chi connectivity index (χ1) is 25.3. The molecule has 1 amide bonds. The molecule has 0 radical (unpaired) electrons. The van der Waals surface area contributed by atoms with Crippen LogP contribution in [0.5, 0.6) is 0 Å². The van der Waals surface area contributed by atoms with Gasteiger partial charge in [0.15, 0.2) is 23.3 Å². The summed E-state index contributed by atoms with van der Waals surface area (Å²) < 4.78 is 68.0. The van der Waals surface area contributed by atoms with E-state index in [0.29, 0.717) is 0 Å². The Morgan fingerprint density at radius 3 is 2.40 bits per heavy atom. The molecule has 17 nitrogen and oxygen atoms in total. The zero-order valence-corrected chi connectivity index (χ0v) is 29.7. The number of nitrogens with one attached hydrogen (secondary N) is 1. The zero-order valence-electron chi connectivity index (χ0n) is 28.8. The van der Waals surface area contributed by atoms with E-state index in [2.05, 4.69) is 35.9 Å². The van der Waals surface area contributed by atoms with Crippen LogP contribution in [0.1, 0.15) is 32.9 Å². The minimum absolute atomic E-state index is 0.00184. The van der Waals surface area contributed by atoms with E-state index in [1.54, 1.807) is 6.20 Å². The molecule has 1 unspecified atom stereocenters. The molecule has 21 heteroatoms. The number of aliphatic hydroxyl groups is 1. The molecule has 2 aliphatic rings. The molecule has 53 heavy (non-hydrogen) atoms. The van der Waals surface area contributed by atoms with E-state index in [1.165, 1.54) is 55.7 Å². The molecule has 5 heterocycles. The number of methoxy groups -OCH3 is 1. The SMILES string of the molecule is CO[C@H]1C[SH]([C@@H]2COC[C@H](n3cc(-c4nccc(NC(C)=O)n4)nn3)[C@H]2O)[C@H](COC(C)=O)[C@H](OC(C)=O)[C@H]1n1cc(-c2cc(F)c(F)c(F)c2)nn1. The van der Waals surface area contributed by atoms with Crippen molar-refractivity contribution in [1.29, 1.82) is 0 Å². The Morgan fingerprint density at radius 1 is 1.02 bits per heavy atom. The number of aliphatic hydroxyl groups excluding tert-OH is 1. The fourth-order valence-electron chi connectivity index (χ4n) is 6.55. The second-order valence-electron chi connectivity index (χ2n) is 12.4. The van der Waals surface area contributed by atoms with Crippen molar-refractivity contribution in [3.63, 3.8) is 0 Å². The molecule has 0 saturated carbocycles. The lowest BCUT2D eigenvalue weighted by Gasteiger charge is -2.52. The van der Waals surface area contributed by atoms with Crippen molar-refractivity contribution in [1.82, 2.24) is 40.0 Å². The molecule has 0 bridgehead atoms. The summed E-state index contributed by atoms with van der Waals surface area (Å²) in [5.41, 5.74) is 0.192.